The van der Waals surface area contributed by atoms with Crippen molar-refractivity contribution in [3.63, 3.8) is 0 Å². The predicted octanol–water partition coefficient (Wildman–Crippen LogP) is 3.77. The number of nitrogens with one attached hydrogen (secondary N) is 1. The fourth-order valence-electron chi connectivity index (χ4n) is 2.07. The van der Waals surface area contributed by atoms with Gasteiger partial charge in [-0.2, -0.15) is 0 Å². The first-order valence-corrected chi connectivity index (χ1v) is 8.85. The Labute approximate surface area is 137 Å². The molecule has 2 aromatic heterocycles. The second-order valence-electron chi connectivity index (χ2n) is 5.05. The van der Waals surface area contributed by atoms with Crippen LogP contribution in [0.25, 0.3) is 0 Å². The van der Waals surface area contributed by atoms with E-state index in [1.165, 1.54) is 11.3 Å². The van der Waals surface area contributed by atoms with Crippen molar-refractivity contribution in [1.82, 2.24) is 10.2 Å². The Hall–Kier alpha value is -1.60. The standard InChI is InChI=1S/C15H19N3O2S2/c1-4-5-14-17-18-15(22-14)16-13(20)7-6-12(19)11-8-9(2)21-10(11)3/h8H,4-7H2,1-3H3,(H,16,18,20). The third-order valence-corrected chi connectivity index (χ3v) is 4.96. The average molecular weight is 337 g/mol. The molecule has 0 saturated heterocycles. The van der Waals surface area contributed by atoms with Crippen LogP contribution in [0, 0.1) is 13.8 Å². The number of Topliss-reactive ketones (excluding diaryl/α,β-unsaturated/α-hetero) is 1. The Bertz CT molecular complexity index is 676. The molecular weight excluding hydrogens is 318 g/mol. The lowest BCUT2D eigenvalue weighted by molar-refractivity contribution is -0.116. The van der Waals surface area contributed by atoms with Gasteiger partial charge in [0.05, 0.1) is 0 Å². The van der Waals surface area contributed by atoms with Crippen LogP contribution in [-0.2, 0) is 11.2 Å². The molecule has 0 bridgehead atoms. The SMILES string of the molecule is CCCc1nnc(NC(=O)CCC(=O)c2cc(C)sc2C)s1. The van der Waals surface area contributed by atoms with Crippen molar-refractivity contribution in [2.24, 2.45) is 0 Å². The minimum atomic E-state index is -0.197. The summed E-state index contributed by atoms with van der Waals surface area (Å²) in [5, 5.41) is 12.1. The molecule has 2 aromatic rings. The molecule has 1 N–H and O–H groups in total. The molecular formula is C15H19N3O2S2. The lowest BCUT2D eigenvalue weighted by Crippen LogP contribution is -2.13. The van der Waals surface area contributed by atoms with E-state index in [1.54, 1.807) is 11.3 Å². The molecule has 7 heteroatoms. The Morgan fingerprint density at radius 3 is 2.59 bits per heavy atom. The van der Waals surface area contributed by atoms with Gasteiger partial charge < -0.3 is 5.32 Å². The van der Waals surface area contributed by atoms with Gasteiger partial charge in [0, 0.05) is 34.6 Å². The number of rotatable bonds is 7. The zero-order valence-electron chi connectivity index (χ0n) is 12.9. The highest BCUT2D eigenvalue weighted by molar-refractivity contribution is 7.15. The molecule has 0 spiro atoms. The highest BCUT2D eigenvalue weighted by atomic mass is 32.1. The number of ketones is 1. The summed E-state index contributed by atoms with van der Waals surface area (Å²) in [7, 11) is 0. The van der Waals surface area contributed by atoms with Crippen molar-refractivity contribution < 1.29 is 9.59 Å². The van der Waals surface area contributed by atoms with Gasteiger partial charge in [-0.1, -0.05) is 18.3 Å². The van der Waals surface area contributed by atoms with Crippen LogP contribution in [0.4, 0.5) is 5.13 Å². The zero-order chi connectivity index (χ0) is 16.1. The molecule has 0 aliphatic heterocycles. The fraction of sp³-hybridized carbons (Fsp3) is 0.467. The van der Waals surface area contributed by atoms with Gasteiger partial charge in [-0.3, -0.25) is 9.59 Å². The molecule has 2 heterocycles. The number of carbonyl (C=O) groups is 2. The Morgan fingerprint density at radius 1 is 1.18 bits per heavy atom. The van der Waals surface area contributed by atoms with Crippen LogP contribution >= 0.6 is 22.7 Å². The monoisotopic (exact) mass is 337 g/mol. The topological polar surface area (TPSA) is 72.0 Å². The normalized spacial score (nSPS) is 10.7. The van der Waals surface area contributed by atoms with Crippen molar-refractivity contribution in [3.8, 4) is 0 Å². The largest absolute Gasteiger partial charge is 0.301 e. The number of carbonyl (C=O) groups excluding carboxylic acids is 2. The van der Waals surface area contributed by atoms with Gasteiger partial charge in [0.2, 0.25) is 11.0 Å². The lowest BCUT2D eigenvalue weighted by atomic mass is 10.1. The van der Waals surface area contributed by atoms with Crippen molar-refractivity contribution in [2.45, 2.75) is 46.5 Å². The Balaban J connectivity index is 1.84. The molecule has 5 nitrogen and oxygen atoms in total. The maximum absolute atomic E-state index is 12.1. The minimum absolute atomic E-state index is 0.0148. The summed E-state index contributed by atoms with van der Waals surface area (Å²) in [6.45, 7) is 5.98. The summed E-state index contributed by atoms with van der Waals surface area (Å²) < 4.78 is 0. The van der Waals surface area contributed by atoms with Crippen LogP contribution in [0.1, 0.15) is 51.3 Å². The number of amides is 1. The number of hydrogen-bond donors (Lipinski definition) is 1. The fourth-order valence-corrected chi connectivity index (χ4v) is 3.87. The van der Waals surface area contributed by atoms with Gasteiger partial charge in [0.1, 0.15) is 5.01 Å². The van der Waals surface area contributed by atoms with E-state index in [4.69, 9.17) is 0 Å². The zero-order valence-corrected chi connectivity index (χ0v) is 14.6. The van der Waals surface area contributed by atoms with Gasteiger partial charge in [-0.25, -0.2) is 0 Å². The number of nitrogens with zero attached hydrogens (tertiary/aromatic N) is 2. The highest BCUT2D eigenvalue weighted by Crippen LogP contribution is 2.22. The van der Waals surface area contributed by atoms with Crippen molar-refractivity contribution in [2.75, 3.05) is 5.32 Å². The molecule has 0 unspecified atom stereocenters. The van der Waals surface area contributed by atoms with E-state index in [9.17, 15) is 9.59 Å². The van der Waals surface area contributed by atoms with E-state index in [0.717, 1.165) is 33.2 Å². The van der Waals surface area contributed by atoms with E-state index in [0.29, 0.717) is 5.13 Å². The van der Waals surface area contributed by atoms with E-state index >= 15 is 0 Å². The van der Waals surface area contributed by atoms with E-state index < -0.39 is 0 Å². The first kappa shape index (κ1) is 16.8. The van der Waals surface area contributed by atoms with Crippen LogP contribution in [0.15, 0.2) is 6.07 Å². The van der Waals surface area contributed by atoms with Crippen molar-refractivity contribution in [1.29, 1.82) is 0 Å². The van der Waals surface area contributed by atoms with Gasteiger partial charge in [-0.05, 0) is 26.3 Å². The van der Waals surface area contributed by atoms with E-state index in [2.05, 4.69) is 22.4 Å². The molecule has 0 aliphatic rings. The summed E-state index contributed by atoms with van der Waals surface area (Å²) in [4.78, 5) is 26.1. The summed E-state index contributed by atoms with van der Waals surface area (Å²) >= 11 is 2.99. The van der Waals surface area contributed by atoms with E-state index in [1.807, 2.05) is 19.9 Å². The average Bonchev–Trinajstić information content (AvgIpc) is 3.03. The maximum atomic E-state index is 12.1. The second-order valence-corrected chi connectivity index (χ2v) is 7.57. The highest BCUT2D eigenvalue weighted by Gasteiger charge is 2.14. The summed E-state index contributed by atoms with van der Waals surface area (Å²) in [6, 6.07) is 1.89. The molecule has 0 fully saturated rings. The molecule has 0 aromatic carbocycles. The first-order chi connectivity index (χ1) is 10.5. The van der Waals surface area contributed by atoms with Crippen LogP contribution in [0.2, 0.25) is 0 Å². The van der Waals surface area contributed by atoms with Gasteiger partial charge in [0.15, 0.2) is 5.78 Å². The van der Waals surface area contributed by atoms with Gasteiger partial charge >= 0.3 is 0 Å². The number of hydrogen-bond acceptors (Lipinski definition) is 6. The lowest BCUT2D eigenvalue weighted by Gasteiger charge is -2.01. The summed E-state index contributed by atoms with van der Waals surface area (Å²) in [6.07, 6.45) is 2.23. The molecule has 0 atom stereocenters. The van der Waals surface area contributed by atoms with Crippen molar-refractivity contribution in [3.05, 3.63) is 26.4 Å². The van der Waals surface area contributed by atoms with Crippen molar-refractivity contribution >= 4 is 39.5 Å². The smallest absolute Gasteiger partial charge is 0.226 e. The van der Waals surface area contributed by atoms with Gasteiger partial charge in [-0.15, -0.1) is 21.5 Å². The second kappa shape index (κ2) is 7.60. The first-order valence-electron chi connectivity index (χ1n) is 7.22. The maximum Gasteiger partial charge on any atom is 0.226 e. The molecule has 0 radical (unpaired) electrons. The van der Waals surface area contributed by atoms with E-state index in [-0.39, 0.29) is 24.5 Å². The van der Waals surface area contributed by atoms with Gasteiger partial charge in [0.25, 0.3) is 0 Å². The number of thiophene rings is 1. The summed E-state index contributed by atoms with van der Waals surface area (Å²) in [5.41, 5.74) is 0.733. The Kier molecular flexibility index (Phi) is 5.79. The molecule has 0 aliphatic carbocycles. The minimum Gasteiger partial charge on any atom is -0.301 e. The Morgan fingerprint density at radius 2 is 1.95 bits per heavy atom. The molecule has 118 valence electrons. The number of anilines is 1. The third kappa shape index (κ3) is 4.45. The van der Waals surface area contributed by atoms with Crippen LogP contribution < -0.4 is 5.32 Å². The number of aryl methyl sites for hydroxylation is 3. The molecule has 22 heavy (non-hydrogen) atoms. The quantitative estimate of drug-likeness (QED) is 0.781. The van der Waals surface area contributed by atoms with Crippen LogP contribution in [-0.4, -0.2) is 21.9 Å². The number of aromatic nitrogens is 2. The predicted molar refractivity (Wildman–Crippen MR) is 89.9 cm³/mol. The summed E-state index contributed by atoms with van der Waals surface area (Å²) in [5.74, 6) is -0.182. The molecule has 1 amide bonds. The third-order valence-electron chi connectivity index (χ3n) is 3.10. The molecule has 2 rings (SSSR count). The van der Waals surface area contributed by atoms with Crippen LogP contribution in [0.5, 0.6) is 0 Å². The van der Waals surface area contributed by atoms with Crippen LogP contribution in [0.3, 0.4) is 0 Å². The molecule has 0 saturated carbocycles.